The Labute approximate surface area is 150 Å². The van der Waals surface area contributed by atoms with Crippen LogP contribution in [0.15, 0.2) is 18.2 Å². The maximum absolute atomic E-state index is 10.7. The van der Waals surface area contributed by atoms with Gasteiger partial charge in [0, 0.05) is 12.3 Å². The van der Waals surface area contributed by atoms with Gasteiger partial charge in [-0.15, -0.1) is 6.07 Å². The van der Waals surface area contributed by atoms with Gasteiger partial charge in [0.15, 0.2) is 12.3 Å². The minimum absolute atomic E-state index is 0. The van der Waals surface area contributed by atoms with Crippen molar-refractivity contribution in [3.05, 3.63) is 29.8 Å². The van der Waals surface area contributed by atoms with Crippen LogP contribution in [0.25, 0.3) is 0 Å². The Hall–Kier alpha value is -0.00364. The van der Waals surface area contributed by atoms with Crippen molar-refractivity contribution >= 4 is 17.4 Å². The molecule has 1 aliphatic rings. The first-order valence-corrected chi connectivity index (χ1v) is 5.78. The fraction of sp³-hybridized carbons (Fsp3) is 0.429. The Balaban J connectivity index is 0.00000162. The number of rotatable bonds is 3. The van der Waals surface area contributed by atoms with E-state index < -0.39 is 5.97 Å². The predicted molar refractivity (Wildman–Crippen MR) is 66.0 cm³/mol. The number of fused-ring (bicyclic) bond motifs is 1. The quantitative estimate of drug-likeness (QED) is 0.451. The van der Waals surface area contributed by atoms with Gasteiger partial charge in [-0.25, -0.2) is 4.58 Å². The van der Waals surface area contributed by atoms with Crippen LogP contribution in [0.5, 0.6) is 0 Å². The van der Waals surface area contributed by atoms with Crippen molar-refractivity contribution in [2.75, 3.05) is 6.54 Å². The molecule has 1 aromatic rings. The smallest absolute Gasteiger partial charge is 0.481 e. The van der Waals surface area contributed by atoms with Crippen LogP contribution in [0.4, 0.5) is 5.69 Å². The SMILES string of the molecule is CC1=[N+](CCC(=O)O)c2cc[c-]cc2C1(C)C.[K+]. The maximum Gasteiger partial charge on any atom is 1.00 e. The van der Waals surface area contributed by atoms with Gasteiger partial charge in [0.25, 0.3) is 0 Å². The number of carboxylic acid groups (broad SMARTS) is 1. The Kier molecular flexibility index (Phi) is 5.32. The number of carboxylic acids is 1. The molecule has 0 fully saturated rings. The van der Waals surface area contributed by atoms with E-state index in [2.05, 4.69) is 31.4 Å². The Morgan fingerprint density at radius 3 is 2.78 bits per heavy atom. The van der Waals surface area contributed by atoms with Gasteiger partial charge in [-0.2, -0.15) is 18.2 Å². The average molecular weight is 270 g/mol. The first-order valence-electron chi connectivity index (χ1n) is 5.78. The molecule has 0 aromatic heterocycles. The predicted octanol–water partition coefficient (Wildman–Crippen LogP) is -0.638. The molecule has 90 valence electrons. The van der Waals surface area contributed by atoms with Gasteiger partial charge >= 0.3 is 57.4 Å². The molecule has 0 spiro atoms. The molecule has 1 N–H and O–H groups in total. The van der Waals surface area contributed by atoms with E-state index in [9.17, 15) is 4.79 Å². The topological polar surface area (TPSA) is 40.3 Å². The van der Waals surface area contributed by atoms with Crippen molar-refractivity contribution in [2.45, 2.75) is 32.6 Å². The fourth-order valence-electron chi connectivity index (χ4n) is 2.37. The van der Waals surface area contributed by atoms with E-state index in [-0.39, 0.29) is 63.2 Å². The van der Waals surface area contributed by atoms with Crippen LogP contribution >= 0.6 is 0 Å². The Bertz CT molecular complexity index is 506. The van der Waals surface area contributed by atoms with Crippen LogP contribution in [0.2, 0.25) is 0 Å². The third-order valence-corrected chi connectivity index (χ3v) is 3.66. The summed E-state index contributed by atoms with van der Waals surface area (Å²) < 4.78 is 2.11. The molecule has 4 heteroatoms. The fourth-order valence-corrected chi connectivity index (χ4v) is 2.37. The van der Waals surface area contributed by atoms with Gasteiger partial charge in [-0.3, -0.25) is 4.79 Å². The second-order valence-electron chi connectivity index (χ2n) is 4.95. The van der Waals surface area contributed by atoms with Crippen LogP contribution in [-0.4, -0.2) is 27.9 Å². The van der Waals surface area contributed by atoms with Gasteiger partial charge in [0.1, 0.15) is 12.1 Å². The summed E-state index contributed by atoms with van der Waals surface area (Å²) in [4.78, 5) is 10.7. The third kappa shape index (κ3) is 2.78. The standard InChI is InChI=1S/C14H17NO2.K/c1-10-14(2,3)11-6-4-5-7-12(11)15(10)9-8-13(16)17;/h5-7H,8-9H2,1-3H3,(H,16,17);/q;+1. The molecule has 0 amide bonds. The summed E-state index contributed by atoms with van der Waals surface area (Å²) in [6.07, 6.45) is 0.158. The van der Waals surface area contributed by atoms with Crippen molar-refractivity contribution in [3.8, 4) is 0 Å². The average Bonchev–Trinajstić information content (AvgIpc) is 2.47. The molecular formula is C14H17KNO2+. The van der Waals surface area contributed by atoms with Crippen LogP contribution in [-0.2, 0) is 10.2 Å². The summed E-state index contributed by atoms with van der Waals surface area (Å²) in [7, 11) is 0. The van der Waals surface area contributed by atoms with E-state index in [1.807, 2.05) is 18.2 Å². The molecule has 18 heavy (non-hydrogen) atoms. The second-order valence-corrected chi connectivity index (χ2v) is 4.95. The molecule has 0 bridgehead atoms. The van der Waals surface area contributed by atoms with Crippen molar-refractivity contribution in [1.29, 1.82) is 0 Å². The minimum atomic E-state index is -0.758. The third-order valence-electron chi connectivity index (χ3n) is 3.66. The number of aliphatic carboxylic acids is 1. The minimum Gasteiger partial charge on any atom is -0.481 e. The van der Waals surface area contributed by atoms with Gasteiger partial charge in [-0.05, 0) is 0 Å². The summed E-state index contributed by atoms with van der Waals surface area (Å²) >= 11 is 0. The molecule has 0 atom stereocenters. The number of hydrogen-bond donors (Lipinski definition) is 1. The Morgan fingerprint density at radius 1 is 1.50 bits per heavy atom. The molecule has 0 unspecified atom stereocenters. The number of hydrogen-bond acceptors (Lipinski definition) is 1. The van der Waals surface area contributed by atoms with Crippen LogP contribution < -0.4 is 51.4 Å². The number of nitrogens with zero attached hydrogens (tertiary/aromatic N) is 1. The summed E-state index contributed by atoms with van der Waals surface area (Å²) in [5, 5.41) is 8.80. The summed E-state index contributed by atoms with van der Waals surface area (Å²) in [5.74, 6) is -0.758. The summed E-state index contributed by atoms with van der Waals surface area (Å²) in [6.45, 7) is 6.93. The van der Waals surface area contributed by atoms with E-state index >= 15 is 0 Å². The van der Waals surface area contributed by atoms with Crippen molar-refractivity contribution < 1.29 is 65.9 Å². The monoisotopic (exact) mass is 270 g/mol. The summed E-state index contributed by atoms with van der Waals surface area (Å²) in [6, 6.07) is 8.98. The van der Waals surface area contributed by atoms with Crippen LogP contribution in [0, 0.1) is 6.07 Å². The largest absolute Gasteiger partial charge is 1.00 e. The van der Waals surface area contributed by atoms with E-state index in [0.717, 1.165) is 5.69 Å². The van der Waals surface area contributed by atoms with E-state index in [4.69, 9.17) is 5.11 Å². The molecular weight excluding hydrogens is 253 g/mol. The zero-order valence-corrected chi connectivity index (χ0v) is 14.6. The molecule has 1 heterocycles. The normalized spacial score (nSPS) is 16.2. The molecule has 1 aliphatic heterocycles. The van der Waals surface area contributed by atoms with Gasteiger partial charge in [0.2, 0.25) is 0 Å². The first kappa shape index (κ1) is 16.1. The molecule has 2 rings (SSSR count). The van der Waals surface area contributed by atoms with Crippen LogP contribution in [0.1, 0.15) is 32.8 Å². The zero-order chi connectivity index (χ0) is 12.6. The molecule has 1 aromatic carbocycles. The number of carbonyl (C=O) groups is 1. The van der Waals surface area contributed by atoms with Crippen molar-refractivity contribution in [3.63, 3.8) is 0 Å². The zero-order valence-electron chi connectivity index (χ0n) is 11.4. The van der Waals surface area contributed by atoms with Crippen LogP contribution in [0.3, 0.4) is 0 Å². The van der Waals surface area contributed by atoms with E-state index in [1.165, 1.54) is 11.3 Å². The van der Waals surface area contributed by atoms with Crippen molar-refractivity contribution in [1.82, 2.24) is 0 Å². The Morgan fingerprint density at radius 2 is 2.17 bits per heavy atom. The second kappa shape index (κ2) is 5.97. The van der Waals surface area contributed by atoms with Crippen molar-refractivity contribution in [2.24, 2.45) is 0 Å². The number of benzene rings is 1. The first-order chi connectivity index (χ1) is 7.94. The van der Waals surface area contributed by atoms with E-state index in [0.29, 0.717) is 6.54 Å². The molecule has 0 aliphatic carbocycles. The molecule has 0 saturated carbocycles. The van der Waals surface area contributed by atoms with Gasteiger partial charge < -0.3 is 5.11 Å². The molecule has 0 radical (unpaired) electrons. The van der Waals surface area contributed by atoms with E-state index in [1.54, 1.807) is 0 Å². The van der Waals surface area contributed by atoms with Gasteiger partial charge in [-0.1, -0.05) is 19.4 Å². The van der Waals surface area contributed by atoms with Gasteiger partial charge in [0.05, 0.1) is 0 Å². The molecule has 3 nitrogen and oxygen atoms in total. The molecule has 0 saturated heterocycles. The maximum atomic E-state index is 10.7. The summed E-state index contributed by atoms with van der Waals surface area (Å²) in [5.41, 5.74) is 3.51.